The molecule has 0 unspecified atom stereocenters. The molecule has 170 valence electrons. The Kier molecular flexibility index (Phi) is 7.25. The molecule has 0 saturated heterocycles. The number of esters is 1. The Morgan fingerprint density at radius 3 is 2.12 bits per heavy atom. The van der Waals surface area contributed by atoms with Crippen molar-refractivity contribution in [1.82, 2.24) is 0 Å². The molecule has 1 heterocycles. The van der Waals surface area contributed by atoms with Crippen LogP contribution in [0.3, 0.4) is 0 Å². The molecule has 0 N–H and O–H groups in total. The standard InChI is InChI=1S/C24H26O8/c1-6-15-12-18(25)16-7-8-19(27-2)17(23(16)32-15)13-31-22(26)11-14-9-20(28-3)24(30-5)21(10-14)29-4/h7-10,12H,6,11,13H2,1-5H3. The zero-order valence-corrected chi connectivity index (χ0v) is 18.8. The van der Waals surface area contributed by atoms with Crippen molar-refractivity contribution < 1.29 is 32.9 Å². The van der Waals surface area contributed by atoms with Gasteiger partial charge in [-0.3, -0.25) is 9.59 Å². The van der Waals surface area contributed by atoms with Gasteiger partial charge in [-0.15, -0.1) is 0 Å². The molecule has 32 heavy (non-hydrogen) atoms. The topological polar surface area (TPSA) is 93.4 Å². The van der Waals surface area contributed by atoms with Crippen LogP contribution in [-0.4, -0.2) is 34.4 Å². The molecule has 0 aliphatic rings. The summed E-state index contributed by atoms with van der Waals surface area (Å²) in [7, 11) is 6.02. The Balaban J connectivity index is 1.86. The summed E-state index contributed by atoms with van der Waals surface area (Å²) in [6.45, 7) is 1.78. The highest BCUT2D eigenvalue weighted by Crippen LogP contribution is 2.38. The average molecular weight is 442 g/mol. The van der Waals surface area contributed by atoms with Gasteiger partial charge in [0, 0.05) is 12.5 Å². The van der Waals surface area contributed by atoms with Crippen LogP contribution in [0.4, 0.5) is 0 Å². The van der Waals surface area contributed by atoms with Gasteiger partial charge in [0.15, 0.2) is 16.9 Å². The van der Waals surface area contributed by atoms with E-state index in [9.17, 15) is 9.59 Å². The minimum absolute atomic E-state index is 0.0199. The van der Waals surface area contributed by atoms with Gasteiger partial charge in [0.25, 0.3) is 0 Å². The van der Waals surface area contributed by atoms with E-state index < -0.39 is 5.97 Å². The summed E-state index contributed by atoms with van der Waals surface area (Å²) >= 11 is 0. The molecular formula is C24H26O8. The lowest BCUT2D eigenvalue weighted by atomic mass is 10.1. The van der Waals surface area contributed by atoms with Crippen LogP contribution < -0.4 is 24.4 Å². The Labute approximate surface area is 185 Å². The summed E-state index contributed by atoms with van der Waals surface area (Å²) in [5.41, 5.74) is 1.33. The smallest absolute Gasteiger partial charge is 0.310 e. The van der Waals surface area contributed by atoms with Crippen LogP contribution in [-0.2, 0) is 29.0 Å². The molecule has 0 atom stereocenters. The molecule has 0 saturated carbocycles. The number of benzene rings is 2. The monoisotopic (exact) mass is 442 g/mol. The zero-order chi connectivity index (χ0) is 23.3. The summed E-state index contributed by atoms with van der Waals surface area (Å²) in [5, 5.41) is 0.402. The van der Waals surface area contributed by atoms with Gasteiger partial charge in [-0.1, -0.05) is 6.92 Å². The number of carbonyl (C=O) groups is 1. The van der Waals surface area contributed by atoms with Crippen LogP contribution in [0, 0.1) is 0 Å². The molecule has 0 radical (unpaired) electrons. The number of rotatable bonds is 9. The first kappa shape index (κ1) is 23.0. The van der Waals surface area contributed by atoms with Gasteiger partial charge in [0.1, 0.15) is 23.7 Å². The van der Waals surface area contributed by atoms with Crippen molar-refractivity contribution in [2.24, 2.45) is 0 Å². The summed E-state index contributed by atoms with van der Waals surface area (Å²) in [5.74, 6) is 1.86. The molecule has 0 aliphatic heterocycles. The van der Waals surface area contributed by atoms with Gasteiger partial charge >= 0.3 is 5.97 Å². The van der Waals surface area contributed by atoms with E-state index in [1.165, 1.54) is 34.5 Å². The first-order chi connectivity index (χ1) is 15.4. The second kappa shape index (κ2) is 10.1. The van der Waals surface area contributed by atoms with Gasteiger partial charge in [-0.25, -0.2) is 0 Å². The lowest BCUT2D eigenvalue weighted by molar-refractivity contribution is -0.144. The number of fused-ring (bicyclic) bond motifs is 1. The van der Waals surface area contributed by atoms with Crippen LogP contribution in [0.2, 0.25) is 0 Å². The number of carbonyl (C=O) groups excluding carboxylic acids is 1. The Hall–Kier alpha value is -3.68. The highest BCUT2D eigenvalue weighted by molar-refractivity contribution is 5.82. The lowest BCUT2D eigenvalue weighted by Crippen LogP contribution is -2.11. The Bertz CT molecular complexity index is 1150. The van der Waals surface area contributed by atoms with Crippen LogP contribution in [0.1, 0.15) is 23.8 Å². The molecule has 0 amide bonds. The molecule has 2 aromatic carbocycles. The van der Waals surface area contributed by atoms with Crippen molar-refractivity contribution in [3.8, 4) is 23.0 Å². The SMILES string of the molecule is CCc1cc(=O)c2ccc(OC)c(COC(=O)Cc3cc(OC)c(OC)c(OC)c3)c2o1. The van der Waals surface area contributed by atoms with Gasteiger partial charge < -0.3 is 28.1 Å². The summed E-state index contributed by atoms with van der Waals surface area (Å²) < 4.78 is 32.7. The lowest BCUT2D eigenvalue weighted by Gasteiger charge is -2.14. The van der Waals surface area contributed by atoms with Crippen LogP contribution >= 0.6 is 0 Å². The fraction of sp³-hybridized carbons (Fsp3) is 0.333. The molecule has 1 aromatic heterocycles. The minimum Gasteiger partial charge on any atom is -0.496 e. The highest BCUT2D eigenvalue weighted by atomic mass is 16.5. The maximum Gasteiger partial charge on any atom is 0.310 e. The normalized spacial score (nSPS) is 10.7. The first-order valence-electron chi connectivity index (χ1n) is 10.0. The molecule has 8 heteroatoms. The van der Waals surface area contributed by atoms with E-state index in [0.29, 0.717) is 57.3 Å². The second-order valence-electron chi connectivity index (χ2n) is 6.92. The van der Waals surface area contributed by atoms with Crippen molar-refractivity contribution in [3.63, 3.8) is 0 Å². The second-order valence-corrected chi connectivity index (χ2v) is 6.92. The number of ether oxygens (including phenoxy) is 5. The molecular weight excluding hydrogens is 416 g/mol. The van der Waals surface area contributed by atoms with E-state index in [1.54, 1.807) is 24.3 Å². The van der Waals surface area contributed by atoms with Crippen molar-refractivity contribution in [3.05, 3.63) is 57.4 Å². The summed E-state index contributed by atoms with van der Waals surface area (Å²) in [4.78, 5) is 25.0. The van der Waals surface area contributed by atoms with Crippen LogP contribution in [0.15, 0.2) is 39.5 Å². The molecule has 0 bridgehead atoms. The van der Waals surface area contributed by atoms with Crippen LogP contribution in [0.25, 0.3) is 11.0 Å². The van der Waals surface area contributed by atoms with E-state index in [2.05, 4.69) is 0 Å². The van der Waals surface area contributed by atoms with E-state index in [4.69, 9.17) is 28.1 Å². The minimum atomic E-state index is -0.479. The fourth-order valence-corrected chi connectivity index (χ4v) is 3.41. The first-order valence-corrected chi connectivity index (χ1v) is 10.0. The maximum absolute atomic E-state index is 12.6. The van der Waals surface area contributed by atoms with Gasteiger partial charge in [-0.2, -0.15) is 0 Å². The predicted octanol–water partition coefficient (Wildman–Crippen LogP) is 3.68. The van der Waals surface area contributed by atoms with Crippen molar-refractivity contribution in [2.75, 3.05) is 28.4 Å². The summed E-state index contributed by atoms with van der Waals surface area (Å²) in [6, 6.07) is 8.14. The molecule has 0 aliphatic carbocycles. The Morgan fingerprint density at radius 1 is 0.906 bits per heavy atom. The van der Waals surface area contributed by atoms with E-state index in [1.807, 2.05) is 6.92 Å². The van der Waals surface area contributed by atoms with Gasteiger partial charge in [0.05, 0.1) is 45.8 Å². The third-order valence-corrected chi connectivity index (χ3v) is 5.03. The summed E-state index contributed by atoms with van der Waals surface area (Å²) in [6.07, 6.45) is 0.538. The zero-order valence-electron chi connectivity index (χ0n) is 18.8. The third kappa shape index (κ3) is 4.64. The number of methoxy groups -OCH3 is 4. The number of aryl methyl sites for hydroxylation is 1. The van der Waals surface area contributed by atoms with Crippen molar-refractivity contribution in [2.45, 2.75) is 26.4 Å². The average Bonchev–Trinajstić information content (AvgIpc) is 2.81. The number of hydrogen-bond acceptors (Lipinski definition) is 8. The number of hydrogen-bond donors (Lipinski definition) is 0. The van der Waals surface area contributed by atoms with E-state index in [-0.39, 0.29) is 18.5 Å². The fourth-order valence-electron chi connectivity index (χ4n) is 3.41. The molecule has 0 spiro atoms. The van der Waals surface area contributed by atoms with Gasteiger partial charge in [-0.05, 0) is 29.8 Å². The van der Waals surface area contributed by atoms with Crippen molar-refractivity contribution in [1.29, 1.82) is 0 Å². The quantitative estimate of drug-likeness (QED) is 0.464. The van der Waals surface area contributed by atoms with Crippen LogP contribution in [0.5, 0.6) is 23.0 Å². The third-order valence-electron chi connectivity index (χ3n) is 5.03. The highest BCUT2D eigenvalue weighted by Gasteiger charge is 2.18. The molecule has 0 fully saturated rings. The van der Waals surface area contributed by atoms with Gasteiger partial charge in [0.2, 0.25) is 5.75 Å². The van der Waals surface area contributed by atoms with Crippen molar-refractivity contribution >= 4 is 16.9 Å². The van der Waals surface area contributed by atoms with E-state index >= 15 is 0 Å². The largest absolute Gasteiger partial charge is 0.496 e. The molecule has 3 aromatic rings. The predicted molar refractivity (Wildman–Crippen MR) is 118 cm³/mol. The van der Waals surface area contributed by atoms with E-state index in [0.717, 1.165) is 0 Å². The maximum atomic E-state index is 12.6. The molecule has 8 nitrogen and oxygen atoms in total. The Morgan fingerprint density at radius 2 is 1.56 bits per heavy atom. The molecule has 3 rings (SSSR count).